The van der Waals surface area contributed by atoms with E-state index in [0.29, 0.717) is 35.1 Å². The van der Waals surface area contributed by atoms with Gasteiger partial charge in [0.25, 0.3) is 0 Å². The van der Waals surface area contributed by atoms with Gasteiger partial charge in [-0.25, -0.2) is 0 Å². The third-order valence-corrected chi connectivity index (χ3v) is 4.70. The van der Waals surface area contributed by atoms with Crippen LogP contribution in [0.4, 0.5) is 5.82 Å². The Kier molecular flexibility index (Phi) is 5.91. The van der Waals surface area contributed by atoms with Gasteiger partial charge in [-0.05, 0) is 31.9 Å². The summed E-state index contributed by atoms with van der Waals surface area (Å²) in [6.07, 6.45) is 1.45. The lowest BCUT2D eigenvalue weighted by molar-refractivity contribution is -0.136. The lowest BCUT2D eigenvalue weighted by Crippen LogP contribution is -2.43. The Morgan fingerprint density at radius 1 is 1.30 bits per heavy atom. The maximum Gasteiger partial charge on any atom is 0.248 e. The van der Waals surface area contributed by atoms with E-state index in [2.05, 4.69) is 10.5 Å². The van der Waals surface area contributed by atoms with Gasteiger partial charge in [0, 0.05) is 36.0 Å². The molecule has 8 heteroatoms. The van der Waals surface area contributed by atoms with Crippen LogP contribution < -0.4 is 5.32 Å². The molecule has 1 aromatic carbocycles. The molecule has 27 heavy (non-hydrogen) atoms. The highest BCUT2D eigenvalue weighted by molar-refractivity contribution is 6.31. The summed E-state index contributed by atoms with van der Waals surface area (Å²) in [5.41, 5.74) is 0.479. The molecule has 1 N–H and O–H groups in total. The number of halogens is 1. The number of ketones is 1. The van der Waals surface area contributed by atoms with Crippen molar-refractivity contribution in [2.75, 3.05) is 11.9 Å². The van der Waals surface area contributed by atoms with Crippen molar-refractivity contribution in [2.24, 2.45) is 0 Å². The molecule has 0 bridgehead atoms. The number of aryl methyl sites for hydroxylation is 1. The van der Waals surface area contributed by atoms with Crippen molar-refractivity contribution in [2.45, 2.75) is 38.6 Å². The van der Waals surface area contributed by atoms with Gasteiger partial charge in [-0.2, -0.15) is 0 Å². The minimum Gasteiger partial charge on any atom is -0.360 e. The van der Waals surface area contributed by atoms with Gasteiger partial charge in [0.15, 0.2) is 11.6 Å². The molecule has 142 valence electrons. The molecule has 0 radical (unpaired) electrons. The number of hydrogen-bond donors (Lipinski definition) is 1. The van der Waals surface area contributed by atoms with Crippen molar-refractivity contribution in [1.82, 2.24) is 10.1 Å². The number of aromatic nitrogens is 1. The Labute approximate surface area is 161 Å². The minimum atomic E-state index is -0.559. The van der Waals surface area contributed by atoms with Gasteiger partial charge in [0.05, 0.1) is 0 Å². The molecule has 1 aromatic heterocycles. The number of amides is 2. The van der Waals surface area contributed by atoms with Gasteiger partial charge in [0.1, 0.15) is 11.8 Å². The van der Waals surface area contributed by atoms with Crippen molar-refractivity contribution < 1.29 is 18.9 Å². The van der Waals surface area contributed by atoms with Crippen molar-refractivity contribution in [1.29, 1.82) is 0 Å². The van der Waals surface area contributed by atoms with Crippen molar-refractivity contribution >= 4 is 35.0 Å². The first-order chi connectivity index (χ1) is 12.9. The van der Waals surface area contributed by atoms with E-state index in [1.807, 2.05) is 0 Å². The van der Waals surface area contributed by atoms with Crippen molar-refractivity contribution in [3.05, 3.63) is 46.7 Å². The predicted octanol–water partition coefficient (Wildman–Crippen LogP) is 3.23. The number of Topliss-reactive ketones (excluding diaryl/α,β-unsaturated/α-hetero) is 1. The molecule has 1 aliphatic heterocycles. The van der Waals surface area contributed by atoms with Crippen LogP contribution >= 0.6 is 11.6 Å². The van der Waals surface area contributed by atoms with Crippen molar-refractivity contribution in [3.8, 4) is 0 Å². The summed E-state index contributed by atoms with van der Waals surface area (Å²) in [6, 6.07) is 7.70. The van der Waals surface area contributed by atoms with Gasteiger partial charge in [-0.3, -0.25) is 14.4 Å². The third kappa shape index (κ3) is 4.74. The smallest absolute Gasteiger partial charge is 0.248 e. The Morgan fingerprint density at radius 3 is 2.81 bits per heavy atom. The van der Waals surface area contributed by atoms with E-state index in [4.69, 9.17) is 16.1 Å². The Hall–Kier alpha value is -2.67. The maximum absolute atomic E-state index is 12.6. The highest BCUT2D eigenvalue weighted by Crippen LogP contribution is 2.21. The van der Waals surface area contributed by atoms with Crippen LogP contribution in [0, 0.1) is 6.92 Å². The molecule has 2 aromatic rings. The zero-order valence-electron chi connectivity index (χ0n) is 14.9. The SMILES string of the molecule is Cc1cc(NC(=O)C2CCCN2C(=O)CCC(=O)c2cccc(Cl)c2)no1. The number of benzene rings is 1. The summed E-state index contributed by atoms with van der Waals surface area (Å²) in [6.45, 7) is 2.23. The zero-order valence-corrected chi connectivity index (χ0v) is 15.7. The van der Waals surface area contributed by atoms with Crippen LogP contribution in [0.3, 0.4) is 0 Å². The summed E-state index contributed by atoms with van der Waals surface area (Å²) in [5.74, 6) is 0.260. The van der Waals surface area contributed by atoms with Gasteiger partial charge in [-0.1, -0.05) is 28.9 Å². The summed E-state index contributed by atoms with van der Waals surface area (Å²) < 4.78 is 4.93. The maximum atomic E-state index is 12.6. The average molecular weight is 390 g/mol. The molecule has 0 saturated carbocycles. The predicted molar refractivity (Wildman–Crippen MR) is 99.6 cm³/mol. The first-order valence-corrected chi connectivity index (χ1v) is 9.14. The number of nitrogens with zero attached hydrogens (tertiary/aromatic N) is 2. The Bertz CT molecular complexity index is 864. The highest BCUT2D eigenvalue weighted by atomic mass is 35.5. The molecule has 1 fully saturated rings. The molecule has 2 heterocycles. The standard InChI is InChI=1S/C19H20ClN3O4/c1-12-10-17(22-27-12)21-19(26)15-6-3-9-23(15)18(25)8-7-16(24)13-4-2-5-14(20)11-13/h2,4-5,10-11,15H,3,6-9H2,1H3,(H,21,22,26). The fourth-order valence-corrected chi connectivity index (χ4v) is 3.33. The van der Waals surface area contributed by atoms with E-state index in [-0.39, 0.29) is 30.4 Å². The largest absolute Gasteiger partial charge is 0.360 e. The Balaban J connectivity index is 1.56. The molecule has 7 nitrogen and oxygen atoms in total. The number of carbonyl (C=O) groups is 3. The van der Waals surface area contributed by atoms with Crippen LogP contribution in [0.25, 0.3) is 0 Å². The first kappa shape index (κ1) is 19.1. The molecular weight excluding hydrogens is 370 g/mol. The highest BCUT2D eigenvalue weighted by Gasteiger charge is 2.34. The normalized spacial score (nSPS) is 16.4. The van der Waals surface area contributed by atoms with Crippen molar-refractivity contribution in [3.63, 3.8) is 0 Å². The monoisotopic (exact) mass is 389 g/mol. The van der Waals surface area contributed by atoms with Crippen LogP contribution in [0.15, 0.2) is 34.9 Å². The number of carbonyl (C=O) groups excluding carboxylic acids is 3. The quantitative estimate of drug-likeness (QED) is 0.765. The molecule has 1 atom stereocenters. The molecule has 3 rings (SSSR count). The van der Waals surface area contributed by atoms with Crippen LogP contribution in [-0.2, 0) is 9.59 Å². The number of nitrogens with one attached hydrogen (secondary N) is 1. The fourth-order valence-electron chi connectivity index (χ4n) is 3.14. The van der Waals surface area contributed by atoms with Crippen LogP contribution in [-0.4, -0.2) is 40.2 Å². The number of rotatable bonds is 6. The van der Waals surface area contributed by atoms with Crippen LogP contribution in [0.2, 0.25) is 5.02 Å². The molecule has 0 spiro atoms. The Morgan fingerprint density at radius 2 is 2.11 bits per heavy atom. The lowest BCUT2D eigenvalue weighted by atomic mass is 10.1. The van der Waals surface area contributed by atoms with Gasteiger partial charge in [-0.15, -0.1) is 0 Å². The summed E-state index contributed by atoms with van der Waals surface area (Å²) in [4.78, 5) is 38.8. The first-order valence-electron chi connectivity index (χ1n) is 8.76. The topological polar surface area (TPSA) is 92.5 Å². The number of hydrogen-bond acceptors (Lipinski definition) is 5. The molecule has 1 saturated heterocycles. The fraction of sp³-hybridized carbons (Fsp3) is 0.368. The second-order valence-electron chi connectivity index (χ2n) is 6.49. The van der Waals surface area contributed by atoms with Gasteiger partial charge in [0.2, 0.25) is 11.8 Å². The second-order valence-corrected chi connectivity index (χ2v) is 6.93. The van der Waals surface area contributed by atoms with Gasteiger partial charge >= 0.3 is 0 Å². The second kappa shape index (κ2) is 8.35. The molecule has 1 unspecified atom stereocenters. The summed E-state index contributed by atoms with van der Waals surface area (Å²) in [5, 5.41) is 6.88. The summed E-state index contributed by atoms with van der Waals surface area (Å²) >= 11 is 5.89. The van der Waals surface area contributed by atoms with E-state index in [1.54, 1.807) is 37.3 Å². The molecule has 2 amide bonds. The van der Waals surface area contributed by atoms with E-state index in [9.17, 15) is 14.4 Å². The van der Waals surface area contributed by atoms with Crippen LogP contribution in [0.1, 0.15) is 41.8 Å². The summed E-state index contributed by atoms with van der Waals surface area (Å²) in [7, 11) is 0. The minimum absolute atomic E-state index is 0.0538. The van der Waals surface area contributed by atoms with E-state index >= 15 is 0 Å². The molecule has 1 aliphatic rings. The van der Waals surface area contributed by atoms with E-state index in [1.165, 1.54) is 4.90 Å². The molecular formula is C19H20ClN3O4. The molecule has 0 aliphatic carbocycles. The van der Waals surface area contributed by atoms with E-state index < -0.39 is 6.04 Å². The average Bonchev–Trinajstić information content (AvgIpc) is 3.28. The third-order valence-electron chi connectivity index (χ3n) is 4.47. The van der Waals surface area contributed by atoms with Gasteiger partial charge < -0.3 is 14.7 Å². The van der Waals surface area contributed by atoms with E-state index in [0.717, 1.165) is 6.42 Å². The zero-order chi connectivity index (χ0) is 19.4. The van der Waals surface area contributed by atoms with Crippen LogP contribution in [0.5, 0.6) is 0 Å². The lowest BCUT2D eigenvalue weighted by Gasteiger charge is -2.23. The number of anilines is 1. The number of likely N-dealkylation sites (tertiary alicyclic amines) is 1.